The van der Waals surface area contributed by atoms with Gasteiger partial charge in [-0.15, -0.1) is 17.5 Å². The van der Waals surface area contributed by atoms with Gasteiger partial charge in [0.1, 0.15) is 11.6 Å². The van der Waals surface area contributed by atoms with Gasteiger partial charge in [0.25, 0.3) is 5.91 Å². The molecule has 8 heteroatoms. The van der Waals surface area contributed by atoms with Crippen molar-refractivity contribution < 1.29 is 9.18 Å². The van der Waals surface area contributed by atoms with E-state index >= 15 is 0 Å². The summed E-state index contributed by atoms with van der Waals surface area (Å²) in [5, 5.41) is 8.07. The van der Waals surface area contributed by atoms with E-state index in [1.807, 2.05) is 18.7 Å². The Morgan fingerprint density at radius 3 is 2.59 bits per heavy atom. The number of aromatic nitrogens is 3. The summed E-state index contributed by atoms with van der Waals surface area (Å²) in [6.07, 6.45) is 4.62. The fourth-order valence-electron chi connectivity index (χ4n) is 3.67. The van der Waals surface area contributed by atoms with Crippen LogP contribution in [0.25, 0.3) is 5.69 Å². The van der Waals surface area contributed by atoms with Crippen LogP contribution in [0.2, 0.25) is 0 Å². The Kier molecular flexibility index (Phi) is 6.90. The van der Waals surface area contributed by atoms with Crippen molar-refractivity contribution in [1.29, 1.82) is 0 Å². The van der Waals surface area contributed by atoms with Gasteiger partial charge in [-0.2, -0.15) is 0 Å². The van der Waals surface area contributed by atoms with Crippen molar-refractivity contribution in [3.63, 3.8) is 0 Å². The van der Waals surface area contributed by atoms with Crippen molar-refractivity contribution in [3.05, 3.63) is 41.7 Å². The average Bonchev–Trinajstić information content (AvgIpc) is 3.41. The van der Waals surface area contributed by atoms with Gasteiger partial charge in [-0.1, -0.05) is 19.9 Å². The van der Waals surface area contributed by atoms with Crippen molar-refractivity contribution in [3.8, 4) is 5.69 Å². The van der Waals surface area contributed by atoms with Gasteiger partial charge in [0.2, 0.25) is 5.82 Å². The van der Waals surface area contributed by atoms with Crippen LogP contribution in [0.5, 0.6) is 0 Å². The number of nitrogens with one attached hydrogen (secondary N) is 1. The van der Waals surface area contributed by atoms with Gasteiger partial charge in [-0.05, 0) is 56.3 Å². The summed E-state index contributed by atoms with van der Waals surface area (Å²) in [4.78, 5) is 19.3. The van der Waals surface area contributed by atoms with Crippen LogP contribution in [0, 0.1) is 11.7 Å². The van der Waals surface area contributed by atoms with Crippen LogP contribution in [0.3, 0.4) is 0 Å². The molecule has 2 fully saturated rings. The third-order valence-electron chi connectivity index (χ3n) is 5.57. The second kappa shape index (κ2) is 9.22. The minimum Gasteiger partial charge on any atom is -0.336 e. The molecule has 29 heavy (non-hydrogen) atoms. The highest BCUT2D eigenvalue weighted by atomic mass is 35.5. The van der Waals surface area contributed by atoms with Crippen molar-refractivity contribution in [2.24, 2.45) is 5.92 Å². The van der Waals surface area contributed by atoms with E-state index in [1.54, 1.807) is 16.8 Å². The van der Waals surface area contributed by atoms with Crippen LogP contribution in [0.1, 0.15) is 61.9 Å². The molecule has 4 rings (SSSR count). The molecule has 6 nitrogen and oxygen atoms in total. The van der Waals surface area contributed by atoms with Crippen LogP contribution in [-0.4, -0.2) is 51.2 Å². The molecular formula is C21H29ClFN5O. The summed E-state index contributed by atoms with van der Waals surface area (Å²) in [5.41, 5.74) is 0.582. The molecule has 0 radical (unpaired) electrons. The van der Waals surface area contributed by atoms with Gasteiger partial charge in [0, 0.05) is 25.0 Å². The van der Waals surface area contributed by atoms with Gasteiger partial charge >= 0.3 is 0 Å². The van der Waals surface area contributed by atoms with E-state index in [2.05, 4.69) is 15.4 Å². The average molecular weight is 422 g/mol. The Morgan fingerprint density at radius 2 is 1.97 bits per heavy atom. The number of carbonyl (C=O) groups excluding carboxylic acids is 1. The second-order valence-corrected chi connectivity index (χ2v) is 8.26. The summed E-state index contributed by atoms with van der Waals surface area (Å²) in [6.45, 7) is 6.52. The monoisotopic (exact) mass is 421 g/mol. The van der Waals surface area contributed by atoms with Crippen molar-refractivity contribution >= 4 is 18.3 Å². The number of rotatable bonds is 6. The first kappa shape index (κ1) is 21.7. The molecule has 1 aliphatic heterocycles. The Balaban J connectivity index is 0.00000240. The number of hydrogen-bond acceptors (Lipinski definition) is 4. The minimum absolute atomic E-state index is 0. The van der Waals surface area contributed by atoms with Gasteiger partial charge in [-0.3, -0.25) is 4.79 Å². The molecule has 2 aromatic rings. The van der Waals surface area contributed by atoms with Crippen molar-refractivity contribution in [2.75, 3.05) is 19.6 Å². The number of carbonyl (C=O) groups is 1. The van der Waals surface area contributed by atoms with E-state index in [0.717, 1.165) is 25.3 Å². The Morgan fingerprint density at radius 1 is 1.24 bits per heavy atom. The van der Waals surface area contributed by atoms with Gasteiger partial charge < -0.3 is 10.2 Å². The van der Waals surface area contributed by atoms with Crippen molar-refractivity contribution in [2.45, 2.75) is 51.5 Å². The van der Waals surface area contributed by atoms with Gasteiger partial charge in [-0.25, -0.2) is 14.1 Å². The van der Waals surface area contributed by atoms with Crippen LogP contribution >= 0.6 is 12.4 Å². The Bertz CT molecular complexity index is 843. The lowest BCUT2D eigenvalue weighted by atomic mass is 10.0. The minimum atomic E-state index is -0.337. The zero-order valence-electron chi connectivity index (χ0n) is 17.0. The molecule has 1 saturated carbocycles. The smallest absolute Gasteiger partial charge is 0.293 e. The normalized spacial score (nSPS) is 17.4. The maximum atomic E-state index is 13.7. The summed E-state index contributed by atoms with van der Waals surface area (Å²) >= 11 is 0. The predicted octanol–water partition coefficient (Wildman–Crippen LogP) is 3.56. The molecule has 2 heterocycles. The van der Waals surface area contributed by atoms with Crippen LogP contribution in [0.4, 0.5) is 4.39 Å². The molecule has 1 aromatic carbocycles. The second-order valence-electron chi connectivity index (χ2n) is 8.26. The highest BCUT2D eigenvalue weighted by molar-refractivity contribution is 5.90. The zero-order chi connectivity index (χ0) is 19.7. The number of benzene rings is 1. The molecule has 0 bridgehead atoms. The largest absolute Gasteiger partial charge is 0.336 e. The number of piperidine rings is 1. The first-order valence-electron chi connectivity index (χ1n) is 10.3. The lowest BCUT2D eigenvalue weighted by Crippen LogP contribution is -2.45. The fourth-order valence-corrected chi connectivity index (χ4v) is 3.67. The van der Waals surface area contributed by atoms with Gasteiger partial charge in [0.15, 0.2) is 0 Å². The van der Waals surface area contributed by atoms with Crippen LogP contribution < -0.4 is 5.32 Å². The van der Waals surface area contributed by atoms with Crippen LogP contribution in [-0.2, 0) is 0 Å². The molecule has 0 spiro atoms. The summed E-state index contributed by atoms with van der Waals surface area (Å²) in [7, 11) is 0. The summed E-state index contributed by atoms with van der Waals surface area (Å²) < 4.78 is 15.2. The maximum Gasteiger partial charge on any atom is 0.293 e. The number of amides is 1. The van der Waals surface area contributed by atoms with E-state index in [0.29, 0.717) is 30.6 Å². The highest BCUT2D eigenvalue weighted by Gasteiger charge is 2.29. The topological polar surface area (TPSA) is 63.1 Å². The van der Waals surface area contributed by atoms with Crippen molar-refractivity contribution in [1.82, 2.24) is 25.0 Å². The summed E-state index contributed by atoms with van der Waals surface area (Å²) in [5.74, 6) is 1.31. The quantitative estimate of drug-likeness (QED) is 0.774. The molecule has 1 N–H and O–H groups in total. The number of nitrogens with zero attached hydrogens (tertiary/aromatic N) is 4. The first-order valence-corrected chi connectivity index (χ1v) is 10.3. The molecule has 1 amide bonds. The van der Waals surface area contributed by atoms with E-state index in [9.17, 15) is 9.18 Å². The molecular weight excluding hydrogens is 393 g/mol. The molecule has 1 saturated heterocycles. The standard InChI is InChI=1S/C21H28FN5O.ClH/c1-14(2)20-24-19(25-27(20)18-5-3-4-16(22)12-18)21(28)26-10-8-17(9-11-26)23-13-15-6-7-15;/h3-5,12,14-15,17,23H,6-11,13H2,1-2H3;1H. The molecule has 0 unspecified atom stereocenters. The molecule has 158 valence electrons. The molecule has 1 aromatic heterocycles. The first-order chi connectivity index (χ1) is 13.5. The molecule has 0 atom stereocenters. The van der Waals surface area contributed by atoms with E-state index in [4.69, 9.17) is 0 Å². The fraction of sp³-hybridized carbons (Fsp3) is 0.571. The van der Waals surface area contributed by atoms with Gasteiger partial charge in [0.05, 0.1) is 5.69 Å². The van der Waals surface area contributed by atoms with E-state index < -0.39 is 0 Å². The predicted molar refractivity (Wildman–Crippen MR) is 112 cm³/mol. The highest BCUT2D eigenvalue weighted by Crippen LogP contribution is 2.28. The SMILES string of the molecule is CC(C)c1nc(C(=O)N2CCC(NCC3CC3)CC2)nn1-c1cccc(F)c1.Cl. The molecule has 2 aliphatic rings. The van der Waals surface area contributed by atoms with Crippen LogP contribution in [0.15, 0.2) is 24.3 Å². The number of halogens is 2. The number of likely N-dealkylation sites (tertiary alicyclic amines) is 1. The third kappa shape index (κ3) is 5.14. The van der Waals surface area contributed by atoms with E-state index in [-0.39, 0.29) is 35.9 Å². The maximum absolute atomic E-state index is 13.7. The van der Waals surface area contributed by atoms with E-state index in [1.165, 1.54) is 25.0 Å². The summed E-state index contributed by atoms with van der Waals surface area (Å²) in [6, 6.07) is 6.70. The lowest BCUT2D eigenvalue weighted by Gasteiger charge is -2.31. The third-order valence-corrected chi connectivity index (χ3v) is 5.57. The Labute approximate surface area is 177 Å². The molecule has 1 aliphatic carbocycles. The number of hydrogen-bond donors (Lipinski definition) is 1. The Hall–Kier alpha value is -1.99. The zero-order valence-corrected chi connectivity index (χ0v) is 17.8. The lowest BCUT2D eigenvalue weighted by molar-refractivity contribution is 0.0692.